The second-order valence-corrected chi connectivity index (χ2v) is 31.4. The number of carbonyl (C=O) groups is 5. The zero-order valence-electron chi connectivity index (χ0n) is 69.5. The number of benzene rings is 8. The van der Waals surface area contributed by atoms with Gasteiger partial charge in [-0.1, -0.05) is 97.1 Å². The number of carbonyl (C=O) groups excluding carboxylic acids is 5. The van der Waals surface area contributed by atoms with Crippen molar-refractivity contribution in [2.24, 2.45) is 0 Å². The van der Waals surface area contributed by atoms with Gasteiger partial charge in [0, 0.05) is 124 Å². The van der Waals surface area contributed by atoms with Gasteiger partial charge in [-0.15, -0.1) is 0 Å². The van der Waals surface area contributed by atoms with E-state index in [1.165, 1.54) is 47.4 Å². The van der Waals surface area contributed by atoms with Crippen LogP contribution in [0.4, 0.5) is 43.9 Å². The first kappa shape index (κ1) is 87.9. The van der Waals surface area contributed by atoms with Crippen LogP contribution in [-0.4, -0.2) is 156 Å². The second kappa shape index (κ2) is 36.6. The first-order chi connectivity index (χ1) is 63.5. The summed E-state index contributed by atoms with van der Waals surface area (Å²) in [5.41, 5.74) is 3.99. The number of hydrogen-bond acceptors (Lipinski definition) is 17. The molecular formula is C93H73F10N19O10. The number of ether oxygens (including phenoxy) is 1. The largest absolute Gasteiger partial charge is 0.464 e. The smallest absolute Gasteiger partial charge is 0.449 e. The van der Waals surface area contributed by atoms with E-state index in [1.54, 1.807) is 113 Å². The van der Waals surface area contributed by atoms with E-state index >= 15 is 0 Å². The monoisotopic (exact) mass is 1810 g/mol. The summed E-state index contributed by atoms with van der Waals surface area (Å²) in [5.74, 6) is -7.28. The average molecular weight is 1810 g/mol. The Balaban J connectivity index is 0.000000123. The van der Waals surface area contributed by atoms with Crippen molar-refractivity contribution in [3.8, 4) is 0 Å². The quantitative estimate of drug-likeness (QED) is 0.0615. The van der Waals surface area contributed by atoms with Crippen LogP contribution in [0.3, 0.4) is 0 Å². The van der Waals surface area contributed by atoms with Crippen molar-refractivity contribution in [1.82, 2.24) is 93.6 Å². The van der Waals surface area contributed by atoms with Crippen LogP contribution in [-0.2, 0) is 95.1 Å². The fourth-order valence-corrected chi connectivity index (χ4v) is 16.6. The first-order valence-corrected chi connectivity index (χ1v) is 41.2. The van der Waals surface area contributed by atoms with Crippen LogP contribution in [0.1, 0.15) is 132 Å². The predicted molar refractivity (Wildman–Crippen MR) is 458 cm³/mol. The Hall–Kier alpha value is -16.1. The molecule has 0 radical (unpaired) electrons. The molecule has 0 bridgehead atoms. The number of nitrogens with one attached hydrogen (secondary N) is 4. The fourth-order valence-electron chi connectivity index (χ4n) is 16.6. The normalized spacial score (nSPS) is 13.5. The molecule has 0 aliphatic carbocycles. The molecule has 0 saturated heterocycles. The fraction of sp³-hybridized carbons (Fsp3) is 0.204. The van der Waals surface area contributed by atoms with Crippen molar-refractivity contribution in [3.63, 3.8) is 0 Å². The zero-order valence-corrected chi connectivity index (χ0v) is 69.5. The molecule has 12 heterocycles. The minimum absolute atomic E-state index is 0.0128. The second-order valence-electron chi connectivity index (χ2n) is 31.4. The van der Waals surface area contributed by atoms with Crippen molar-refractivity contribution in [1.29, 1.82) is 0 Å². The number of fused-ring (bicyclic) bond motifs is 8. The lowest BCUT2D eigenvalue weighted by Crippen LogP contribution is -2.40. The molecular weight excluding hydrogens is 1730 g/mol. The molecule has 0 atom stereocenters. The van der Waals surface area contributed by atoms with Gasteiger partial charge in [0.05, 0.1) is 117 Å². The number of halogens is 10. The maximum absolute atomic E-state index is 14.8. The standard InChI is InChI=1S/C25H19F4N5O4.C23H17F4N5O2.C23H19FN4O2.C22H18FN5O2/c1-38-23(37)20-19-12-33(8-9-34(19)24(30-20)25(27,28)29)22(36)16-10-13(6-7-17(16)26)11-18-14-4-2-3-5-15(14)21(35)32-31-18;24-18-6-5-13(10-19-15-3-1-2-4-16(15)20(33)30-29-19)9-17(18)21(34)31-7-8-32-14(12-31)11-28-22(32)23(25,26)27;24-20-8-7-15(13-21-17-5-1-2-6-18(17)22(29)26-25-21)12-19(20)23(30)28-11-10-27-9-3-4-16(27)14-28;23-18-6-5-14(12-19-15-3-1-2-4-16(15)21(29)26-25-19)11-17(18)22(30)28-10-9-27-8-7-24-20(27)13-28/h2-7,10H,8-9,11-12H2,1H3,(H,32,35);1-6,9,11H,7-8,10,12H2,(H,30,33);1-9,12H,10-11,13-14H2,(H,26,29);1-8,11H,9-10,12-13H2,(H,26,29). The number of nitrogens with zero attached hydrogens (tertiary/aromatic N) is 15. The van der Waals surface area contributed by atoms with Gasteiger partial charge in [0.25, 0.3) is 45.9 Å². The lowest BCUT2D eigenvalue weighted by Gasteiger charge is -2.29. The topological polar surface area (TPSA) is 349 Å². The van der Waals surface area contributed by atoms with E-state index < -0.39 is 77.3 Å². The molecule has 4 aliphatic heterocycles. The molecule has 0 spiro atoms. The number of H-pyrrole nitrogens is 4. The third-order valence-electron chi connectivity index (χ3n) is 23.2. The molecule has 0 saturated carbocycles. The van der Waals surface area contributed by atoms with Gasteiger partial charge in [-0.05, 0) is 107 Å². The molecule has 0 fully saturated rings. The van der Waals surface area contributed by atoms with Gasteiger partial charge < -0.3 is 42.6 Å². The maximum Gasteiger partial charge on any atom is 0.449 e. The van der Waals surface area contributed by atoms with Gasteiger partial charge in [-0.25, -0.2) is 57.7 Å². The van der Waals surface area contributed by atoms with E-state index in [0.29, 0.717) is 118 Å². The summed E-state index contributed by atoms with van der Waals surface area (Å²) in [5, 5.41) is 31.2. The number of hydrogen-bond donors (Lipinski definition) is 4. The highest BCUT2D eigenvalue weighted by atomic mass is 19.4. The SMILES string of the molecule is COC(=O)c1nc(C(F)(F)F)n2c1CN(C(=O)c1cc(Cc3n[nH]c(=O)c4ccccc34)ccc1F)CC2.O=C(c1cc(Cc2n[nH]c(=O)c3ccccc23)ccc1F)N1CCn2c(cnc2C(F)(F)F)C1.O=C(c1cc(Cc2n[nH]c(=O)c3ccccc23)ccc1F)N1CCn2cccc2C1.O=C(c1cc(Cc2n[nH]c(=O)c3ccccc23)ccc1F)N1CCn2ccnc2C1. The summed E-state index contributed by atoms with van der Waals surface area (Å²) in [6.45, 7) is 2.09. The summed E-state index contributed by atoms with van der Waals surface area (Å²) in [6, 6.07) is 49.2. The molecule has 16 aromatic rings. The van der Waals surface area contributed by atoms with E-state index in [9.17, 15) is 87.1 Å². The number of rotatable bonds is 13. The van der Waals surface area contributed by atoms with Crippen molar-refractivity contribution < 1.29 is 72.6 Å². The van der Waals surface area contributed by atoms with Gasteiger partial charge in [0.15, 0.2) is 5.69 Å². The number of amides is 4. The zero-order chi connectivity index (χ0) is 92.6. The average Bonchev–Trinajstić information content (AvgIpc) is 1.61. The Morgan fingerprint density at radius 1 is 0.371 bits per heavy atom. The van der Waals surface area contributed by atoms with Crippen LogP contribution in [0.2, 0.25) is 0 Å². The Kier molecular flexibility index (Phi) is 24.4. The van der Waals surface area contributed by atoms with Crippen LogP contribution in [0, 0.1) is 23.3 Å². The Morgan fingerprint density at radius 3 is 1.11 bits per heavy atom. The Labute approximate surface area is 738 Å². The molecule has 4 amide bonds. The van der Waals surface area contributed by atoms with Gasteiger partial charge >= 0.3 is 18.3 Å². The van der Waals surface area contributed by atoms with Crippen LogP contribution in [0.15, 0.2) is 226 Å². The minimum Gasteiger partial charge on any atom is -0.464 e. The molecule has 0 unspecified atom stereocenters. The van der Waals surface area contributed by atoms with Crippen molar-refractivity contribution in [2.45, 2.75) is 90.4 Å². The first-order valence-electron chi connectivity index (χ1n) is 41.2. The van der Waals surface area contributed by atoms with Crippen LogP contribution in [0.25, 0.3) is 43.1 Å². The van der Waals surface area contributed by atoms with Crippen LogP contribution < -0.4 is 22.2 Å². The van der Waals surface area contributed by atoms with Crippen LogP contribution >= 0.6 is 0 Å². The van der Waals surface area contributed by atoms with E-state index in [1.807, 2.05) is 53.4 Å². The summed E-state index contributed by atoms with van der Waals surface area (Å²) in [7, 11) is 1.01. The van der Waals surface area contributed by atoms with Gasteiger partial charge in [-0.2, -0.15) is 46.7 Å². The van der Waals surface area contributed by atoms with E-state index in [-0.39, 0.29) is 113 Å². The summed E-state index contributed by atoms with van der Waals surface area (Å²) >= 11 is 0. The molecule has 670 valence electrons. The van der Waals surface area contributed by atoms with E-state index in [4.69, 9.17) is 0 Å². The Bertz CT molecular complexity index is 7320. The number of imidazole rings is 3. The van der Waals surface area contributed by atoms with E-state index in [2.05, 4.69) is 65.0 Å². The molecule has 8 aromatic carbocycles. The molecule has 8 aromatic heterocycles. The number of aromatic amines is 4. The maximum atomic E-state index is 14.8. The highest BCUT2D eigenvalue weighted by Gasteiger charge is 2.43. The number of alkyl halides is 6. The summed E-state index contributed by atoms with van der Waals surface area (Å²) in [6.07, 6.45) is -1.62. The van der Waals surface area contributed by atoms with Gasteiger partial charge in [0.1, 0.15) is 29.1 Å². The summed E-state index contributed by atoms with van der Waals surface area (Å²) in [4.78, 5) is 129. The molecule has 29 nitrogen and oxygen atoms in total. The minimum atomic E-state index is -4.83. The third kappa shape index (κ3) is 18.1. The Morgan fingerprint density at radius 2 is 0.720 bits per heavy atom. The number of methoxy groups -OCH3 is 1. The van der Waals surface area contributed by atoms with Gasteiger partial charge in [0.2, 0.25) is 11.6 Å². The van der Waals surface area contributed by atoms with Crippen molar-refractivity contribution >= 4 is 72.7 Å². The van der Waals surface area contributed by atoms with Crippen LogP contribution in [0.5, 0.6) is 0 Å². The van der Waals surface area contributed by atoms with Crippen molar-refractivity contribution in [3.05, 3.63) is 379 Å². The van der Waals surface area contributed by atoms with Crippen molar-refractivity contribution in [2.75, 3.05) is 33.3 Å². The van der Waals surface area contributed by atoms with Gasteiger partial charge in [-0.3, -0.25) is 38.4 Å². The molecule has 132 heavy (non-hydrogen) atoms. The predicted octanol–water partition coefficient (Wildman–Crippen LogP) is 12.5. The highest BCUT2D eigenvalue weighted by molar-refractivity contribution is 5.98. The number of aromatic nitrogens is 15. The summed E-state index contributed by atoms with van der Waals surface area (Å²) < 4.78 is 149. The van der Waals surface area contributed by atoms with E-state index in [0.717, 1.165) is 66.8 Å². The lowest BCUT2D eigenvalue weighted by atomic mass is 10.0. The third-order valence-corrected chi connectivity index (χ3v) is 23.2. The number of esters is 1. The highest BCUT2D eigenvalue weighted by Crippen LogP contribution is 2.36. The lowest BCUT2D eigenvalue weighted by molar-refractivity contribution is -0.148. The molecule has 39 heteroatoms. The molecule has 20 rings (SSSR count). The molecule has 4 aliphatic rings. The molecule has 4 N–H and O–H groups in total.